The molecular weight excluding hydrogens is 811 g/mol. The average molecular weight is 914 g/mol. The van der Waals surface area contributed by atoms with Gasteiger partial charge >= 0.3 is 11.9 Å². The molecule has 0 aliphatic rings. The number of nitrogens with zero attached hydrogens (tertiary/aromatic N) is 1. The van der Waals surface area contributed by atoms with Crippen LogP contribution in [0.3, 0.4) is 0 Å². The Hall–Kier alpha value is -2.71. The topological polar surface area (TPSA) is 102 Å². The molecule has 0 rings (SSSR count). The van der Waals surface area contributed by atoms with Crippen LogP contribution in [0, 0.1) is 0 Å². The number of hydrogen-bond donors (Lipinski definition) is 0. The Labute approximate surface area is 401 Å². The first-order chi connectivity index (χ1) is 31.6. The molecule has 0 radical (unpaired) electrons. The van der Waals surface area contributed by atoms with Crippen molar-refractivity contribution >= 4 is 17.9 Å². The van der Waals surface area contributed by atoms with E-state index in [1.807, 2.05) is 0 Å². The van der Waals surface area contributed by atoms with Gasteiger partial charge in [0.1, 0.15) is 12.6 Å². The second-order valence-corrected chi connectivity index (χ2v) is 19.5. The molecule has 8 nitrogen and oxygen atoms in total. The van der Waals surface area contributed by atoms with Gasteiger partial charge in [-0.25, -0.2) is 0 Å². The number of unbranched alkanes of at least 4 members (excludes halogenated alkanes) is 27. The summed E-state index contributed by atoms with van der Waals surface area (Å²) in [5.41, 5.74) is 0. The number of esters is 2. The van der Waals surface area contributed by atoms with E-state index >= 15 is 0 Å². The second-order valence-electron chi connectivity index (χ2n) is 19.5. The number of ether oxygens (including phenoxy) is 3. The highest BCUT2D eigenvalue weighted by Crippen LogP contribution is 2.15. The predicted molar refractivity (Wildman–Crippen MR) is 273 cm³/mol. The third-order valence-corrected chi connectivity index (χ3v) is 12.2. The minimum atomic E-state index is -1.12. The number of rotatable bonds is 49. The Morgan fingerprint density at radius 3 is 1.25 bits per heavy atom. The summed E-state index contributed by atoms with van der Waals surface area (Å²) in [7, 11) is 5.42. The van der Waals surface area contributed by atoms with Crippen molar-refractivity contribution in [2.45, 2.75) is 257 Å². The van der Waals surface area contributed by atoms with Crippen LogP contribution in [0.4, 0.5) is 0 Å². The van der Waals surface area contributed by atoms with Gasteiger partial charge in [0.05, 0.1) is 40.3 Å². The van der Waals surface area contributed by atoms with Crippen LogP contribution in [0.25, 0.3) is 0 Å². The number of carboxylic acid groups (broad SMARTS) is 1. The van der Waals surface area contributed by atoms with Crippen LogP contribution in [0.15, 0.2) is 48.6 Å². The Balaban J connectivity index is 4.22. The monoisotopic (exact) mass is 914 g/mol. The SMILES string of the molecule is CCCCC/C=C/C/C=C/C/C=C/CCCCCCCCCCCC(=O)OCC(COCCC(C(=O)[O-])[N+](C)(C)C)OC(=O)CCCCCCCCC/C=C/CCCCCCCCCC. The molecule has 8 heteroatoms. The lowest BCUT2D eigenvalue weighted by Gasteiger charge is -2.34. The van der Waals surface area contributed by atoms with Gasteiger partial charge in [-0.3, -0.25) is 9.59 Å². The fourth-order valence-corrected chi connectivity index (χ4v) is 7.96. The maximum atomic E-state index is 12.8. The normalized spacial score (nSPS) is 13.2. The highest BCUT2D eigenvalue weighted by Gasteiger charge is 2.25. The molecule has 0 aromatic rings. The molecule has 0 saturated heterocycles. The van der Waals surface area contributed by atoms with Crippen molar-refractivity contribution in [2.75, 3.05) is 41.0 Å². The fourth-order valence-electron chi connectivity index (χ4n) is 7.96. The summed E-state index contributed by atoms with van der Waals surface area (Å²) in [6, 6.07) is -0.728. The van der Waals surface area contributed by atoms with E-state index in [0.29, 0.717) is 12.8 Å². The molecule has 2 atom stereocenters. The van der Waals surface area contributed by atoms with Crippen LogP contribution in [0.2, 0.25) is 0 Å². The molecule has 378 valence electrons. The molecule has 65 heavy (non-hydrogen) atoms. The van der Waals surface area contributed by atoms with Crippen LogP contribution in [0.1, 0.15) is 245 Å². The first kappa shape index (κ1) is 62.3. The summed E-state index contributed by atoms with van der Waals surface area (Å²) in [6.45, 7) is 4.65. The van der Waals surface area contributed by atoms with Crippen LogP contribution < -0.4 is 5.11 Å². The summed E-state index contributed by atoms with van der Waals surface area (Å²) in [5.74, 6) is -1.74. The quantitative estimate of drug-likeness (QED) is 0.0259. The third kappa shape index (κ3) is 46.2. The molecule has 0 spiro atoms. The lowest BCUT2D eigenvalue weighted by Crippen LogP contribution is -2.55. The Morgan fingerprint density at radius 1 is 0.462 bits per heavy atom. The van der Waals surface area contributed by atoms with E-state index in [-0.39, 0.29) is 42.7 Å². The van der Waals surface area contributed by atoms with Crippen molar-refractivity contribution in [3.63, 3.8) is 0 Å². The van der Waals surface area contributed by atoms with Crippen molar-refractivity contribution in [1.29, 1.82) is 0 Å². The number of quaternary nitrogens is 1. The van der Waals surface area contributed by atoms with E-state index in [9.17, 15) is 19.5 Å². The maximum absolute atomic E-state index is 12.8. The van der Waals surface area contributed by atoms with Gasteiger partial charge in [0.25, 0.3) is 0 Å². The largest absolute Gasteiger partial charge is 0.544 e. The van der Waals surface area contributed by atoms with E-state index in [1.54, 1.807) is 21.1 Å². The molecule has 0 amide bonds. The van der Waals surface area contributed by atoms with Gasteiger partial charge in [-0.2, -0.15) is 0 Å². The van der Waals surface area contributed by atoms with Gasteiger partial charge in [0, 0.05) is 19.3 Å². The van der Waals surface area contributed by atoms with Gasteiger partial charge in [0.15, 0.2) is 6.10 Å². The first-order valence-corrected chi connectivity index (χ1v) is 27.2. The first-order valence-electron chi connectivity index (χ1n) is 27.2. The fraction of sp³-hybridized carbons (Fsp3) is 0.807. The second kappa shape index (κ2) is 47.8. The molecule has 0 aromatic heterocycles. The number of carbonyl (C=O) groups excluding carboxylic acids is 3. The molecule has 0 aliphatic heterocycles. The summed E-state index contributed by atoms with van der Waals surface area (Å²) in [6.07, 6.45) is 58.5. The predicted octanol–water partition coefficient (Wildman–Crippen LogP) is 14.6. The highest BCUT2D eigenvalue weighted by atomic mass is 16.6. The van der Waals surface area contributed by atoms with E-state index in [4.69, 9.17) is 14.2 Å². The van der Waals surface area contributed by atoms with Crippen LogP contribution >= 0.6 is 0 Å². The summed E-state index contributed by atoms with van der Waals surface area (Å²) in [4.78, 5) is 37.1. The molecule has 0 fully saturated rings. The molecule has 0 N–H and O–H groups in total. The molecule has 2 unspecified atom stereocenters. The van der Waals surface area contributed by atoms with Crippen molar-refractivity contribution in [3.8, 4) is 0 Å². The number of likely N-dealkylation sites (N-methyl/N-ethyl adjacent to an activating group) is 1. The average Bonchev–Trinajstić information content (AvgIpc) is 3.27. The van der Waals surface area contributed by atoms with E-state index < -0.39 is 18.1 Å². The van der Waals surface area contributed by atoms with E-state index in [2.05, 4.69) is 62.5 Å². The Bertz CT molecular complexity index is 1200. The third-order valence-electron chi connectivity index (χ3n) is 12.2. The molecule has 0 aliphatic carbocycles. The maximum Gasteiger partial charge on any atom is 0.306 e. The van der Waals surface area contributed by atoms with Crippen LogP contribution in [-0.2, 0) is 28.6 Å². The summed E-state index contributed by atoms with van der Waals surface area (Å²) >= 11 is 0. The van der Waals surface area contributed by atoms with Gasteiger partial charge in [0.2, 0.25) is 0 Å². The van der Waals surface area contributed by atoms with E-state index in [0.717, 1.165) is 57.8 Å². The van der Waals surface area contributed by atoms with E-state index in [1.165, 1.54) is 154 Å². The molecule has 0 aromatic carbocycles. The smallest absolute Gasteiger partial charge is 0.306 e. The number of carboxylic acids is 1. The number of aliphatic carboxylic acids is 1. The Morgan fingerprint density at radius 2 is 0.815 bits per heavy atom. The molecule has 0 bridgehead atoms. The van der Waals surface area contributed by atoms with Gasteiger partial charge < -0.3 is 28.6 Å². The summed E-state index contributed by atoms with van der Waals surface area (Å²) < 4.78 is 17.3. The standard InChI is InChI=1S/C57H103NO7/c1-6-8-10-12-14-16-18-20-22-24-26-27-28-30-31-33-35-37-39-41-43-45-47-55(59)64-52-53(51-63-50-49-54(57(61)62)58(3,4)5)65-56(60)48-46-44-42-40-38-36-34-32-29-25-23-21-19-17-15-13-11-9-7-2/h14,16,20,22,25-27,29,53-54H,6-13,15,17-19,21,23-24,28,30-52H2,1-5H3/b16-14+,22-20+,27-26+,29-25+. The zero-order chi connectivity index (χ0) is 47.7. The van der Waals surface area contributed by atoms with Crippen LogP contribution in [-0.4, -0.2) is 75.5 Å². The zero-order valence-corrected chi connectivity index (χ0v) is 43.2. The van der Waals surface area contributed by atoms with Crippen molar-refractivity contribution in [3.05, 3.63) is 48.6 Å². The van der Waals surface area contributed by atoms with Gasteiger partial charge in [-0.15, -0.1) is 0 Å². The molecule has 0 saturated carbocycles. The molecule has 0 heterocycles. The summed E-state index contributed by atoms with van der Waals surface area (Å²) in [5, 5.41) is 11.7. The molecular formula is C57H103NO7. The van der Waals surface area contributed by atoms with Crippen molar-refractivity contribution in [2.24, 2.45) is 0 Å². The lowest BCUT2D eigenvalue weighted by molar-refractivity contribution is -0.889. The van der Waals surface area contributed by atoms with Crippen LogP contribution in [0.5, 0.6) is 0 Å². The number of allylic oxidation sites excluding steroid dienone is 8. The van der Waals surface area contributed by atoms with Gasteiger partial charge in [-0.1, -0.05) is 197 Å². The minimum absolute atomic E-state index is 0.0379. The minimum Gasteiger partial charge on any atom is -0.544 e. The van der Waals surface area contributed by atoms with Gasteiger partial charge in [-0.05, 0) is 77.0 Å². The van der Waals surface area contributed by atoms with Crippen molar-refractivity contribution < 1.29 is 38.2 Å². The Kier molecular flexibility index (Phi) is 45.8. The zero-order valence-electron chi connectivity index (χ0n) is 43.2. The number of carbonyl (C=O) groups is 3. The highest BCUT2D eigenvalue weighted by molar-refractivity contribution is 5.70. The lowest BCUT2D eigenvalue weighted by atomic mass is 10.1. The number of hydrogen-bond acceptors (Lipinski definition) is 7. The van der Waals surface area contributed by atoms with Crippen molar-refractivity contribution in [1.82, 2.24) is 0 Å².